The van der Waals surface area contributed by atoms with E-state index in [0.717, 1.165) is 6.42 Å². The van der Waals surface area contributed by atoms with E-state index in [0.29, 0.717) is 46.2 Å². The number of nitrogens with zero attached hydrogens (tertiary/aromatic N) is 1. The fraction of sp³-hybridized carbons (Fsp3) is 0.269. The molecule has 1 N–H and O–H groups in total. The van der Waals surface area contributed by atoms with Crippen molar-refractivity contribution in [3.05, 3.63) is 82.8 Å². The van der Waals surface area contributed by atoms with Crippen LogP contribution in [0.2, 0.25) is 0 Å². The molecule has 0 aliphatic rings. The summed E-state index contributed by atoms with van der Waals surface area (Å²) in [6, 6.07) is 20.3. The van der Waals surface area contributed by atoms with E-state index in [1.165, 1.54) is 16.4 Å². The lowest BCUT2D eigenvalue weighted by Gasteiger charge is -2.23. The molecule has 0 fully saturated rings. The summed E-state index contributed by atoms with van der Waals surface area (Å²) in [5.41, 5.74) is 1.56. The van der Waals surface area contributed by atoms with Crippen LogP contribution in [0, 0.1) is 5.92 Å². The standard InChI is InChI=1S/C26H29BrN2O4S/c1-4-29(22-8-6-5-7-9-22)34(31,32)23-13-11-21(12-14-23)28-26(30)20-10-15-25(24(27)18-20)33-17-16-19(2)3/h5-15,18-19H,4,16-17H2,1-3H3,(H,28,30). The number of sulfonamides is 1. The number of carbonyl (C=O) groups excluding carboxylic acids is 1. The van der Waals surface area contributed by atoms with E-state index < -0.39 is 10.0 Å². The van der Waals surface area contributed by atoms with Crippen molar-refractivity contribution < 1.29 is 17.9 Å². The summed E-state index contributed by atoms with van der Waals surface area (Å²) in [7, 11) is -3.72. The van der Waals surface area contributed by atoms with E-state index in [9.17, 15) is 13.2 Å². The number of hydrogen-bond donors (Lipinski definition) is 1. The molecule has 0 unspecified atom stereocenters. The minimum Gasteiger partial charge on any atom is -0.492 e. The third kappa shape index (κ3) is 6.39. The zero-order valence-electron chi connectivity index (χ0n) is 19.5. The topological polar surface area (TPSA) is 75.7 Å². The van der Waals surface area contributed by atoms with Crippen LogP contribution in [0.3, 0.4) is 0 Å². The first kappa shape index (κ1) is 25.8. The van der Waals surface area contributed by atoms with Crippen LogP contribution in [0.15, 0.2) is 82.2 Å². The van der Waals surface area contributed by atoms with E-state index >= 15 is 0 Å². The summed E-state index contributed by atoms with van der Waals surface area (Å²) in [5.74, 6) is 0.934. The second-order valence-electron chi connectivity index (χ2n) is 8.16. The van der Waals surface area contributed by atoms with Crippen LogP contribution in [0.25, 0.3) is 0 Å². The third-order valence-electron chi connectivity index (χ3n) is 5.18. The Bertz CT molecular complexity index is 1210. The molecule has 180 valence electrons. The van der Waals surface area contributed by atoms with Gasteiger partial charge in [-0.15, -0.1) is 0 Å². The van der Waals surface area contributed by atoms with Crippen LogP contribution in [0.1, 0.15) is 37.6 Å². The van der Waals surface area contributed by atoms with Crippen molar-refractivity contribution >= 4 is 43.2 Å². The molecule has 0 atom stereocenters. The normalized spacial score (nSPS) is 11.3. The predicted octanol–water partition coefficient (Wildman–Crippen LogP) is 6.34. The smallest absolute Gasteiger partial charge is 0.264 e. The highest BCUT2D eigenvalue weighted by Gasteiger charge is 2.23. The Labute approximate surface area is 210 Å². The van der Waals surface area contributed by atoms with Crippen molar-refractivity contribution in [2.45, 2.75) is 32.1 Å². The Morgan fingerprint density at radius 2 is 1.71 bits per heavy atom. The van der Waals surface area contributed by atoms with E-state index in [4.69, 9.17) is 4.74 Å². The molecular formula is C26H29BrN2O4S. The van der Waals surface area contributed by atoms with Crippen LogP contribution in [0.5, 0.6) is 5.75 Å². The van der Waals surface area contributed by atoms with E-state index in [1.807, 2.05) is 6.07 Å². The Morgan fingerprint density at radius 3 is 2.29 bits per heavy atom. The molecular weight excluding hydrogens is 516 g/mol. The molecule has 3 aromatic carbocycles. The van der Waals surface area contributed by atoms with Gasteiger partial charge in [-0.1, -0.05) is 32.0 Å². The minimum atomic E-state index is -3.72. The van der Waals surface area contributed by atoms with Gasteiger partial charge in [-0.05, 0) is 89.8 Å². The molecule has 0 aliphatic carbocycles. The molecule has 0 bridgehead atoms. The average molecular weight is 545 g/mol. The van der Waals surface area contributed by atoms with Gasteiger partial charge in [0.1, 0.15) is 5.75 Å². The highest BCUT2D eigenvalue weighted by molar-refractivity contribution is 9.10. The zero-order valence-corrected chi connectivity index (χ0v) is 21.9. The largest absolute Gasteiger partial charge is 0.492 e. The molecule has 3 aromatic rings. The Kier molecular flexibility index (Phi) is 8.74. The highest BCUT2D eigenvalue weighted by atomic mass is 79.9. The molecule has 0 aliphatic heterocycles. The van der Waals surface area contributed by atoms with Crippen LogP contribution in [-0.2, 0) is 10.0 Å². The first-order chi connectivity index (χ1) is 16.2. The summed E-state index contributed by atoms with van der Waals surface area (Å²) < 4.78 is 34.1. The molecule has 0 aromatic heterocycles. The number of halogens is 1. The fourth-order valence-electron chi connectivity index (χ4n) is 3.29. The lowest BCUT2D eigenvalue weighted by molar-refractivity contribution is 0.102. The van der Waals surface area contributed by atoms with E-state index in [1.54, 1.807) is 61.5 Å². The number of carbonyl (C=O) groups is 1. The van der Waals surface area contributed by atoms with Gasteiger partial charge in [0.2, 0.25) is 0 Å². The van der Waals surface area contributed by atoms with Crippen molar-refractivity contribution in [1.82, 2.24) is 0 Å². The number of benzene rings is 3. The summed E-state index contributed by atoms with van der Waals surface area (Å²) in [5, 5.41) is 2.81. The molecule has 0 saturated heterocycles. The van der Waals surface area contributed by atoms with Gasteiger partial charge in [0.25, 0.3) is 15.9 Å². The minimum absolute atomic E-state index is 0.154. The van der Waals surface area contributed by atoms with Gasteiger partial charge in [-0.2, -0.15) is 0 Å². The molecule has 0 radical (unpaired) electrons. The van der Waals surface area contributed by atoms with Crippen molar-refractivity contribution in [1.29, 1.82) is 0 Å². The van der Waals surface area contributed by atoms with Gasteiger partial charge in [0, 0.05) is 17.8 Å². The molecule has 0 saturated carbocycles. The summed E-state index contributed by atoms with van der Waals surface area (Å²) in [6.45, 7) is 6.97. The first-order valence-electron chi connectivity index (χ1n) is 11.1. The molecule has 3 rings (SSSR count). The van der Waals surface area contributed by atoms with Crippen molar-refractivity contribution in [3.8, 4) is 5.75 Å². The third-order valence-corrected chi connectivity index (χ3v) is 7.72. The maximum atomic E-state index is 13.1. The van der Waals surface area contributed by atoms with Crippen LogP contribution in [-0.4, -0.2) is 27.5 Å². The van der Waals surface area contributed by atoms with Crippen molar-refractivity contribution in [2.75, 3.05) is 22.8 Å². The predicted molar refractivity (Wildman–Crippen MR) is 140 cm³/mol. The van der Waals surface area contributed by atoms with Crippen LogP contribution < -0.4 is 14.4 Å². The van der Waals surface area contributed by atoms with Gasteiger partial charge >= 0.3 is 0 Å². The maximum absolute atomic E-state index is 13.1. The molecule has 1 amide bonds. The number of amides is 1. The number of hydrogen-bond acceptors (Lipinski definition) is 4. The number of rotatable bonds is 10. The maximum Gasteiger partial charge on any atom is 0.264 e. The van der Waals surface area contributed by atoms with Gasteiger partial charge < -0.3 is 10.1 Å². The lowest BCUT2D eigenvalue weighted by atomic mass is 10.1. The van der Waals surface area contributed by atoms with Crippen LogP contribution >= 0.6 is 15.9 Å². The first-order valence-corrected chi connectivity index (χ1v) is 13.4. The number of para-hydroxylation sites is 1. The Morgan fingerprint density at radius 1 is 1.03 bits per heavy atom. The van der Waals surface area contributed by atoms with Gasteiger partial charge in [-0.25, -0.2) is 8.42 Å². The average Bonchev–Trinajstić information content (AvgIpc) is 2.81. The molecule has 34 heavy (non-hydrogen) atoms. The van der Waals surface area contributed by atoms with Crippen molar-refractivity contribution in [3.63, 3.8) is 0 Å². The number of nitrogens with one attached hydrogen (secondary N) is 1. The monoisotopic (exact) mass is 544 g/mol. The number of anilines is 2. The molecule has 6 nitrogen and oxygen atoms in total. The zero-order chi connectivity index (χ0) is 24.7. The fourth-order valence-corrected chi connectivity index (χ4v) is 5.26. The Hall–Kier alpha value is -2.84. The SMILES string of the molecule is CCN(c1ccccc1)S(=O)(=O)c1ccc(NC(=O)c2ccc(OCCC(C)C)c(Br)c2)cc1. The molecule has 0 heterocycles. The van der Waals surface area contributed by atoms with E-state index in [2.05, 4.69) is 35.1 Å². The summed E-state index contributed by atoms with van der Waals surface area (Å²) in [6.07, 6.45) is 0.946. The van der Waals surface area contributed by atoms with E-state index in [-0.39, 0.29) is 10.8 Å². The van der Waals surface area contributed by atoms with Gasteiger partial charge in [-0.3, -0.25) is 9.10 Å². The molecule has 0 spiro atoms. The van der Waals surface area contributed by atoms with Crippen molar-refractivity contribution in [2.24, 2.45) is 5.92 Å². The Balaban J connectivity index is 1.69. The van der Waals surface area contributed by atoms with Crippen LogP contribution in [0.4, 0.5) is 11.4 Å². The highest BCUT2D eigenvalue weighted by Crippen LogP contribution is 2.28. The summed E-state index contributed by atoms with van der Waals surface area (Å²) in [4.78, 5) is 12.9. The van der Waals surface area contributed by atoms with Gasteiger partial charge in [0.05, 0.1) is 21.7 Å². The summed E-state index contributed by atoms with van der Waals surface area (Å²) >= 11 is 3.46. The second kappa shape index (κ2) is 11.5. The number of ether oxygens (including phenoxy) is 1. The lowest BCUT2D eigenvalue weighted by Crippen LogP contribution is -2.30. The molecule has 8 heteroatoms. The second-order valence-corrected chi connectivity index (χ2v) is 10.9. The quantitative estimate of drug-likeness (QED) is 0.323. The van der Waals surface area contributed by atoms with Gasteiger partial charge in [0.15, 0.2) is 0 Å².